The minimum atomic E-state index is -0.374. The molecule has 0 unspecified atom stereocenters. The number of nitrogens with one attached hydrogen (secondary N) is 1. The zero-order valence-electron chi connectivity index (χ0n) is 10.9. The van der Waals surface area contributed by atoms with E-state index in [1.807, 2.05) is 12.1 Å². The zero-order valence-corrected chi connectivity index (χ0v) is 13.2. The van der Waals surface area contributed by atoms with Gasteiger partial charge in [0.2, 0.25) is 0 Å². The van der Waals surface area contributed by atoms with Crippen LogP contribution in [0.4, 0.5) is 4.39 Å². The van der Waals surface area contributed by atoms with E-state index in [1.54, 1.807) is 12.1 Å². The standard InChI is InChI=1S/C15H12BrClFNO2/c16-13-7-12(18)5-6-14(13)21-9-15(20)19-8-10-1-3-11(17)4-2-10/h1-7H,8-9H2,(H,19,20). The third kappa shape index (κ3) is 5.02. The van der Waals surface area contributed by atoms with Crippen molar-refractivity contribution >= 4 is 33.4 Å². The lowest BCUT2D eigenvalue weighted by Crippen LogP contribution is -2.28. The second kappa shape index (κ2) is 7.43. The normalized spacial score (nSPS) is 10.2. The molecule has 2 rings (SSSR count). The van der Waals surface area contributed by atoms with Gasteiger partial charge in [-0.05, 0) is 51.8 Å². The van der Waals surface area contributed by atoms with E-state index in [9.17, 15) is 9.18 Å². The number of hydrogen-bond acceptors (Lipinski definition) is 2. The van der Waals surface area contributed by atoms with E-state index in [0.717, 1.165) is 5.56 Å². The number of rotatable bonds is 5. The number of halogens is 3. The van der Waals surface area contributed by atoms with Crippen molar-refractivity contribution in [3.63, 3.8) is 0 Å². The van der Waals surface area contributed by atoms with Crippen LogP contribution in [0.5, 0.6) is 5.75 Å². The van der Waals surface area contributed by atoms with Gasteiger partial charge in [-0.15, -0.1) is 0 Å². The lowest BCUT2D eigenvalue weighted by atomic mass is 10.2. The number of hydrogen-bond donors (Lipinski definition) is 1. The molecule has 0 atom stereocenters. The molecule has 0 aliphatic carbocycles. The molecule has 1 N–H and O–H groups in total. The van der Waals surface area contributed by atoms with Crippen molar-refractivity contribution in [2.24, 2.45) is 0 Å². The summed E-state index contributed by atoms with van der Waals surface area (Å²) in [6, 6.07) is 11.2. The summed E-state index contributed by atoms with van der Waals surface area (Å²) in [7, 11) is 0. The minimum Gasteiger partial charge on any atom is -0.483 e. The van der Waals surface area contributed by atoms with Crippen molar-refractivity contribution in [1.82, 2.24) is 5.32 Å². The van der Waals surface area contributed by atoms with Crippen LogP contribution in [0.3, 0.4) is 0 Å². The molecule has 0 spiro atoms. The Balaban J connectivity index is 1.80. The summed E-state index contributed by atoms with van der Waals surface area (Å²) in [6.45, 7) is 0.252. The molecule has 0 fully saturated rings. The maximum Gasteiger partial charge on any atom is 0.258 e. The first-order valence-electron chi connectivity index (χ1n) is 6.13. The van der Waals surface area contributed by atoms with Gasteiger partial charge in [0, 0.05) is 11.6 Å². The zero-order chi connectivity index (χ0) is 15.2. The first kappa shape index (κ1) is 15.8. The summed E-state index contributed by atoms with van der Waals surface area (Å²) in [4.78, 5) is 11.7. The summed E-state index contributed by atoms with van der Waals surface area (Å²) >= 11 is 8.95. The fourth-order valence-corrected chi connectivity index (χ4v) is 2.18. The van der Waals surface area contributed by atoms with Crippen LogP contribution in [0.15, 0.2) is 46.9 Å². The van der Waals surface area contributed by atoms with Gasteiger partial charge in [-0.25, -0.2) is 4.39 Å². The van der Waals surface area contributed by atoms with E-state index in [1.165, 1.54) is 18.2 Å². The van der Waals surface area contributed by atoms with Crippen LogP contribution in [0.1, 0.15) is 5.56 Å². The molecular formula is C15H12BrClFNO2. The average molecular weight is 373 g/mol. The first-order valence-corrected chi connectivity index (χ1v) is 7.30. The Morgan fingerprint density at radius 2 is 1.95 bits per heavy atom. The van der Waals surface area contributed by atoms with Crippen molar-refractivity contribution in [3.8, 4) is 5.75 Å². The van der Waals surface area contributed by atoms with Gasteiger partial charge in [0.25, 0.3) is 5.91 Å². The highest BCUT2D eigenvalue weighted by Gasteiger charge is 2.06. The van der Waals surface area contributed by atoms with E-state index < -0.39 is 0 Å². The van der Waals surface area contributed by atoms with Crippen molar-refractivity contribution in [3.05, 3.63) is 63.3 Å². The van der Waals surface area contributed by atoms with E-state index in [2.05, 4.69) is 21.2 Å². The summed E-state index contributed by atoms with van der Waals surface area (Å²) in [6.07, 6.45) is 0. The molecule has 3 nitrogen and oxygen atoms in total. The molecule has 6 heteroatoms. The molecule has 0 saturated heterocycles. The molecule has 0 aromatic heterocycles. The van der Waals surface area contributed by atoms with Gasteiger partial charge in [0.05, 0.1) is 4.47 Å². The highest BCUT2D eigenvalue weighted by atomic mass is 79.9. The Hall–Kier alpha value is -1.59. The molecule has 1 amide bonds. The monoisotopic (exact) mass is 371 g/mol. The molecule has 2 aromatic rings. The second-order valence-corrected chi connectivity index (χ2v) is 5.56. The maximum absolute atomic E-state index is 12.9. The second-order valence-electron chi connectivity index (χ2n) is 4.27. The lowest BCUT2D eigenvalue weighted by molar-refractivity contribution is -0.123. The van der Waals surface area contributed by atoms with Gasteiger partial charge in [-0.3, -0.25) is 4.79 Å². The van der Waals surface area contributed by atoms with Gasteiger partial charge >= 0.3 is 0 Å². The molecule has 0 bridgehead atoms. The van der Waals surface area contributed by atoms with E-state index >= 15 is 0 Å². The van der Waals surface area contributed by atoms with E-state index in [4.69, 9.17) is 16.3 Å². The summed E-state index contributed by atoms with van der Waals surface area (Å²) in [5.74, 6) is -0.222. The van der Waals surface area contributed by atoms with Crippen LogP contribution in [-0.2, 0) is 11.3 Å². The Labute approximate surface area is 135 Å². The molecule has 0 saturated carbocycles. The largest absolute Gasteiger partial charge is 0.483 e. The van der Waals surface area contributed by atoms with Crippen molar-refractivity contribution in [2.75, 3.05) is 6.61 Å². The number of ether oxygens (including phenoxy) is 1. The third-order valence-electron chi connectivity index (χ3n) is 2.66. The molecular weight excluding hydrogens is 361 g/mol. The fourth-order valence-electron chi connectivity index (χ4n) is 1.59. The molecule has 0 aliphatic heterocycles. The Bertz CT molecular complexity index is 634. The highest BCUT2D eigenvalue weighted by Crippen LogP contribution is 2.25. The Morgan fingerprint density at radius 1 is 1.24 bits per heavy atom. The van der Waals surface area contributed by atoms with Crippen molar-refractivity contribution in [2.45, 2.75) is 6.54 Å². The first-order chi connectivity index (χ1) is 10.0. The van der Waals surface area contributed by atoms with Gasteiger partial charge in [-0.1, -0.05) is 23.7 Å². The number of carbonyl (C=O) groups is 1. The molecule has 0 heterocycles. The van der Waals surface area contributed by atoms with Gasteiger partial charge in [-0.2, -0.15) is 0 Å². The van der Waals surface area contributed by atoms with Crippen LogP contribution in [0, 0.1) is 5.82 Å². The summed E-state index contributed by atoms with van der Waals surface area (Å²) < 4.78 is 18.7. The number of benzene rings is 2. The van der Waals surface area contributed by atoms with Crippen molar-refractivity contribution in [1.29, 1.82) is 0 Å². The Kier molecular flexibility index (Phi) is 5.59. The predicted molar refractivity (Wildman–Crippen MR) is 82.9 cm³/mol. The fraction of sp³-hybridized carbons (Fsp3) is 0.133. The molecule has 2 aromatic carbocycles. The summed E-state index contributed by atoms with van der Waals surface area (Å²) in [5, 5.41) is 3.37. The molecule has 0 radical (unpaired) electrons. The molecule has 110 valence electrons. The molecule has 0 aliphatic rings. The quantitative estimate of drug-likeness (QED) is 0.863. The Morgan fingerprint density at radius 3 is 2.62 bits per heavy atom. The van der Waals surface area contributed by atoms with Crippen LogP contribution in [-0.4, -0.2) is 12.5 Å². The highest BCUT2D eigenvalue weighted by molar-refractivity contribution is 9.10. The van der Waals surface area contributed by atoms with Crippen LogP contribution in [0.25, 0.3) is 0 Å². The van der Waals surface area contributed by atoms with Crippen molar-refractivity contribution < 1.29 is 13.9 Å². The van der Waals surface area contributed by atoms with E-state index in [-0.39, 0.29) is 18.3 Å². The van der Waals surface area contributed by atoms with Gasteiger partial charge in [0.1, 0.15) is 11.6 Å². The minimum absolute atomic E-state index is 0.141. The maximum atomic E-state index is 12.9. The SMILES string of the molecule is O=C(COc1ccc(F)cc1Br)NCc1ccc(Cl)cc1. The van der Waals surface area contributed by atoms with Gasteiger partial charge < -0.3 is 10.1 Å². The van der Waals surface area contributed by atoms with Crippen LogP contribution < -0.4 is 10.1 Å². The summed E-state index contributed by atoms with van der Waals surface area (Å²) in [5.41, 5.74) is 0.940. The average Bonchev–Trinajstić information content (AvgIpc) is 2.46. The topological polar surface area (TPSA) is 38.3 Å². The third-order valence-corrected chi connectivity index (χ3v) is 3.53. The van der Waals surface area contributed by atoms with Crippen LogP contribution in [0.2, 0.25) is 5.02 Å². The predicted octanol–water partition coefficient (Wildman–Crippen LogP) is 3.94. The van der Waals surface area contributed by atoms with Gasteiger partial charge in [0.15, 0.2) is 6.61 Å². The van der Waals surface area contributed by atoms with Crippen LogP contribution >= 0.6 is 27.5 Å². The lowest BCUT2D eigenvalue weighted by Gasteiger charge is -2.09. The van der Waals surface area contributed by atoms with E-state index in [0.29, 0.717) is 21.8 Å². The number of carbonyl (C=O) groups excluding carboxylic acids is 1. The molecule has 21 heavy (non-hydrogen) atoms. The number of amides is 1. The smallest absolute Gasteiger partial charge is 0.258 e.